The fourth-order valence-electron chi connectivity index (χ4n) is 3.37. The fraction of sp³-hybridized carbons (Fsp3) is 0.160. The summed E-state index contributed by atoms with van der Waals surface area (Å²) in [6, 6.07) is 10.3. The lowest BCUT2D eigenvalue weighted by atomic mass is 10.2. The molecule has 0 aliphatic rings. The molecule has 0 saturated carbocycles. The van der Waals surface area contributed by atoms with Gasteiger partial charge in [0.1, 0.15) is 34.1 Å². The Balaban J connectivity index is 1.72. The number of ether oxygens (including phenoxy) is 2. The van der Waals surface area contributed by atoms with Crippen molar-refractivity contribution in [3.05, 3.63) is 95.5 Å². The maximum absolute atomic E-state index is 13.5. The van der Waals surface area contributed by atoms with Gasteiger partial charge in [0.15, 0.2) is 5.82 Å². The normalized spacial score (nSPS) is 12.1. The van der Waals surface area contributed by atoms with Crippen LogP contribution in [0.1, 0.15) is 11.4 Å². The number of benzene rings is 1. The first-order valence-corrected chi connectivity index (χ1v) is 11.4. The molecule has 3 aromatic heterocycles. The van der Waals surface area contributed by atoms with Crippen LogP contribution in [-0.2, 0) is 12.7 Å². The summed E-state index contributed by atoms with van der Waals surface area (Å²) in [5.74, 6) is -0.113. The minimum Gasteiger partial charge on any atom is -0.497 e. The molecule has 0 aliphatic carbocycles. The Morgan fingerprint density at radius 2 is 1.86 bits per heavy atom. The molecule has 0 radical (unpaired) electrons. The number of alkyl halides is 3. The van der Waals surface area contributed by atoms with Gasteiger partial charge in [-0.15, -0.1) is 5.10 Å². The van der Waals surface area contributed by atoms with Gasteiger partial charge in [-0.05, 0) is 45.3 Å². The molecule has 0 amide bonds. The first-order valence-electron chi connectivity index (χ1n) is 10.6. The van der Waals surface area contributed by atoms with Gasteiger partial charge in [-0.1, -0.05) is 43.5 Å². The molecule has 1 aromatic carbocycles. The van der Waals surface area contributed by atoms with E-state index >= 15 is 0 Å². The number of methoxy groups -OCH3 is 1. The fourth-order valence-corrected chi connectivity index (χ4v) is 3.94. The minimum atomic E-state index is -4.71. The molecular formula is C25H21BrF3N5O2. The van der Waals surface area contributed by atoms with E-state index in [9.17, 15) is 13.2 Å². The van der Waals surface area contributed by atoms with Crippen LogP contribution < -0.4 is 9.47 Å². The lowest BCUT2D eigenvalue weighted by Gasteiger charge is -2.07. The zero-order chi connectivity index (χ0) is 25.9. The Morgan fingerprint density at radius 3 is 2.50 bits per heavy atom. The highest BCUT2D eigenvalue weighted by atomic mass is 79.9. The van der Waals surface area contributed by atoms with E-state index in [-0.39, 0.29) is 24.7 Å². The van der Waals surface area contributed by atoms with Crippen LogP contribution in [-0.4, -0.2) is 37.9 Å². The van der Waals surface area contributed by atoms with E-state index in [0.717, 1.165) is 11.1 Å². The third kappa shape index (κ3) is 5.35. The van der Waals surface area contributed by atoms with Crippen LogP contribution in [0, 0.1) is 0 Å². The number of aromatic nitrogens is 5. The molecule has 7 nitrogen and oxygen atoms in total. The van der Waals surface area contributed by atoms with Crippen LogP contribution in [0.15, 0.2) is 84.2 Å². The molecule has 3 heterocycles. The molecule has 0 atom stereocenters. The standard InChI is InChI=1S/C25H21BrF3N5O2/c1-4-6-16(5-2)15-36-19-11-12-33-20(13-19)30-21(22(33)26)23-31-24(25(27,28)29)32-34(23)14-17-7-9-18(35-3)10-8-17/h4-13H,1-2,14-15H2,3H3/b16-6+. The van der Waals surface area contributed by atoms with Crippen molar-refractivity contribution in [2.75, 3.05) is 13.7 Å². The zero-order valence-corrected chi connectivity index (χ0v) is 20.8. The third-order valence-corrected chi connectivity index (χ3v) is 5.93. The molecule has 4 rings (SSSR count). The van der Waals surface area contributed by atoms with Crippen molar-refractivity contribution in [1.29, 1.82) is 0 Å². The lowest BCUT2D eigenvalue weighted by Crippen LogP contribution is -2.09. The lowest BCUT2D eigenvalue weighted by molar-refractivity contribution is -0.144. The molecule has 0 fully saturated rings. The van der Waals surface area contributed by atoms with E-state index in [0.29, 0.717) is 21.7 Å². The summed E-state index contributed by atoms with van der Waals surface area (Å²) in [6.07, 6.45) is 2.07. The number of hydrogen-bond donors (Lipinski definition) is 0. The summed E-state index contributed by atoms with van der Waals surface area (Å²) < 4.78 is 54.7. The second-order valence-electron chi connectivity index (χ2n) is 7.57. The molecule has 0 spiro atoms. The van der Waals surface area contributed by atoms with Crippen molar-refractivity contribution in [2.45, 2.75) is 12.7 Å². The molecular weight excluding hydrogens is 539 g/mol. The molecule has 36 heavy (non-hydrogen) atoms. The van der Waals surface area contributed by atoms with Crippen LogP contribution in [0.3, 0.4) is 0 Å². The van der Waals surface area contributed by atoms with Crippen LogP contribution >= 0.6 is 15.9 Å². The van der Waals surface area contributed by atoms with Gasteiger partial charge in [-0.3, -0.25) is 4.40 Å². The second kappa shape index (κ2) is 10.4. The number of halogens is 4. The highest BCUT2D eigenvalue weighted by molar-refractivity contribution is 9.10. The summed E-state index contributed by atoms with van der Waals surface area (Å²) >= 11 is 3.45. The molecule has 4 aromatic rings. The summed E-state index contributed by atoms with van der Waals surface area (Å²) in [6.45, 7) is 7.71. The number of fused-ring (bicyclic) bond motifs is 1. The highest BCUT2D eigenvalue weighted by Crippen LogP contribution is 2.33. The molecule has 0 bridgehead atoms. The predicted molar refractivity (Wildman–Crippen MR) is 133 cm³/mol. The minimum absolute atomic E-state index is 0.0287. The Hall–Kier alpha value is -3.86. The van der Waals surface area contributed by atoms with Crippen molar-refractivity contribution in [3.8, 4) is 23.0 Å². The van der Waals surface area contributed by atoms with E-state index in [1.807, 2.05) is 0 Å². The predicted octanol–water partition coefficient (Wildman–Crippen LogP) is 6.11. The first-order chi connectivity index (χ1) is 17.2. The molecule has 0 saturated heterocycles. The maximum Gasteiger partial charge on any atom is 0.453 e. The smallest absolute Gasteiger partial charge is 0.453 e. The van der Waals surface area contributed by atoms with E-state index < -0.39 is 12.0 Å². The van der Waals surface area contributed by atoms with Crippen molar-refractivity contribution in [3.63, 3.8) is 0 Å². The number of nitrogens with zero attached hydrogens (tertiary/aromatic N) is 5. The Labute approximate surface area is 213 Å². The van der Waals surface area contributed by atoms with Gasteiger partial charge < -0.3 is 9.47 Å². The van der Waals surface area contributed by atoms with Gasteiger partial charge in [0.25, 0.3) is 5.82 Å². The monoisotopic (exact) mass is 559 g/mol. The number of rotatable bonds is 9. The van der Waals surface area contributed by atoms with Crippen LogP contribution in [0.5, 0.6) is 11.5 Å². The van der Waals surface area contributed by atoms with E-state index in [2.05, 4.69) is 44.2 Å². The molecule has 186 valence electrons. The van der Waals surface area contributed by atoms with Gasteiger partial charge in [-0.2, -0.15) is 13.2 Å². The number of allylic oxidation sites excluding steroid dienone is 2. The van der Waals surface area contributed by atoms with Crippen molar-refractivity contribution in [1.82, 2.24) is 24.1 Å². The van der Waals surface area contributed by atoms with Gasteiger partial charge in [-0.25, -0.2) is 14.6 Å². The van der Waals surface area contributed by atoms with Crippen molar-refractivity contribution < 1.29 is 22.6 Å². The second-order valence-corrected chi connectivity index (χ2v) is 8.33. The topological polar surface area (TPSA) is 66.5 Å². The molecule has 0 unspecified atom stereocenters. The summed E-state index contributed by atoms with van der Waals surface area (Å²) in [4.78, 5) is 8.31. The van der Waals surface area contributed by atoms with E-state index in [1.165, 1.54) is 11.8 Å². The highest BCUT2D eigenvalue weighted by Gasteiger charge is 2.38. The van der Waals surface area contributed by atoms with E-state index in [1.54, 1.807) is 65.2 Å². The summed E-state index contributed by atoms with van der Waals surface area (Å²) in [7, 11) is 1.54. The molecule has 0 N–H and O–H groups in total. The number of pyridine rings is 1. The summed E-state index contributed by atoms with van der Waals surface area (Å²) in [5.41, 5.74) is 2.22. The van der Waals surface area contributed by atoms with Gasteiger partial charge in [0.05, 0.1) is 13.7 Å². The zero-order valence-electron chi connectivity index (χ0n) is 19.2. The molecule has 0 aliphatic heterocycles. The average Bonchev–Trinajstić information content (AvgIpc) is 3.43. The van der Waals surface area contributed by atoms with Crippen molar-refractivity contribution >= 4 is 21.6 Å². The molecule has 11 heteroatoms. The number of hydrogen-bond acceptors (Lipinski definition) is 5. The SMILES string of the molecule is C=C/C=C(\C=C)COc1ccn2c(Br)c(-c3nc(C(F)(F)F)nn3Cc3ccc(OC)cc3)nc2c1. The number of imidazole rings is 1. The van der Waals surface area contributed by atoms with Crippen LogP contribution in [0.2, 0.25) is 0 Å². The van der Waals surface area contributed by atoms with Crippen LogP contribution in [0.25, 0.3) is 17.2 Å². The Bertz CT molecular complexity index is 1440. The van der Waals surface area contributed by atoms with Gasteiger partial charge >= 0.3 is 6.18 Å². The maximum atomic E-state index is 13.5. The Kier molecular flexibility index (Phi) is 7.30. The third-order valence-electron chi connectivity index (χ3n) is 5.17. The van der Waals surface area contributed by atoms with E-state index in [4.69, 9.17) is 9.47 Å². The van der Waals surface area contributed by atoms with Gasteiger partial charge in [0, 0.05) is 12.3 Å². The summed E-state index contributed by atoms with van der Waals surface area (Å²) in [5, 5.41) is 3.73. The van der Waals surface area contributed by atoms with Crippen LogP contribution in [0.4, 0.5) is 13.2 Å². The Morgan fingerprint density at radius 1 is 1.11 bits per heavy atom. The largest absolute Gasteiger partial charge is 0.497 e. The van der Waals surface area contributed by atoms with Crippen molar-refractivity contribution in [2.24, 2.45) is 0 Å². The quantitative estimate of drug-likeness (QED) is 0.231. The van der Waals surface area contributed by atoms with Gasteiger partial charge in [0.2, 0.25) is 0 Å². The first kappa shape index (κ1) is 25.2. The average molecular weight is 560 g/mol.